The molecule has 0 saturated heterocycles. The van der Waals surface area contributed by atoms with Gasteiger partial charge in [0.05, 0.1) is 0 Å². The average molecular weight is 200 g/mol. The molecule has 3 unspecified atom stereocenters. The summed E-state index contributed by atoms with van der Waals surface area (Å²) in [5.74, 6) is 1.65. The van der Waals surface area contributed by atoms with Gasteiger partial charge in [0.2, 0.25) is 0 Å². The van der Waals surface area contributed by atoms with E-state index in [1.807, 2.05) is 7.05 Å². The number of rotatable bonds is 2. The fourth-order valence-electron chi connectivity index (χ4n) is 2.27. The van der Waals surface area contributed by atoms with E-state index >= 15 is 0 Å². The van der Waals surface area contributed by atoms with Crippen molar-refractivity contribution in [2.45, 2.75) is 39.2 Å². The second-order valence-electron chi connectivity index (χ2n) is 3.93. The van der Waals surface area contributed by atoms with Crippen LogP contribution in [0.1, 0.15) is 33.1 Å². The van der Waals surface area contributed by atoms with E-state index in [0.717, 1.165) is 16.9 Å². The molecule has 3 heteroatoms. The molecular weight excluding hydrogens is 180 g/mol. The minimum absolute atomic E-state index is 0.588. The van der Waals surface area contributed by atoms with Crippen LogP contribution < -0.4 is 10.6 Å². The van der Waals surface area contributed by atoms with Crippen molar-refractivity contribution >= 4 is 17.3 Å². The quantitative estimate of drug-likeness (QED) is 0.666. The van der Waals surface area contributed by atoms with Gasteiger partial charge in [-0.25, -0.2) is 0 Å². The van der Waals surface area contributed by atoms with Crippen LogP contribution in [0.2, 0.25) is 0 Å². The predicted octanol–water partition coefficient (Wildman–Crippen LogP) is 1.90. The first kappa shape index (κ1) is 10.8. The fourth-order valence-corrected chi connectivity index (χ4v) is 2.42. The second kappa shape index (κ2) is 4.80. The summed E-state index contributed by atoms with van der Waals surface area (Å²) in [6.45, 7) is 4.61. The van der Waals surface area contributed by atoms with Crippen molar-refractivity contribution in [2.24, 2.45) is 11.8 Å². The Balaban J connectivity index is 2.40. The standard InChI is InChI=1S/C10H20N2S/c1-4-8-5-6-9(7(8)2)12-10(13)11-3/h7-9H,4-6H2,1-3H3,(H2,11,12,13). The first-order chi connectivity index (χ1) is 6.19. The Morgan fingerprint density at radius 3 is 2.62 bits per heavy atom. The van der Waals surface area contributed by atoms with Gasteiger partial charge in [0.1, 0.15) is 0 Å². The van der Waals surface area contributed by atoms with Crippen LogP contribution >= 0.6 is 12.2 Å². The zero-order chi connectivity index (χ0) is 9.84. The summed E-state index contributed by atoms with van der Waals surface area (Å²) in [5.41, 5.74) is 0. The molecule has 0 aliphatic heterocycles. The Hall–Kier alpha value is -0.310. The van der Waals surface area contributed by atoms with Crippen LogP contribution in [0.25, 0.3) is 0 Å². The van der Waals surface area contributed by atoms with Crippen LogP contribution in [0.4, 0.5) is 0 Å². The predicted molar refractivity (Wildman–Crippen MR) is 60.8 cm³/mol. The number of hydrogen-bond acceptors (Lipinski definition) is 1. The largest absolute Gasteiger partial charge is 0.366 e. The molecule has 0 aromatic rings. The third-order valence-corrected chi connectivity index (χ3v) is 3.62. The minimum Gasteiger partial charge on any atom is -0.366 e. The molecule has 2 N–H and O–H groups in total. The van der Waals surface area contributed by atoms with Crippen molar-refractivity contribution in [3.63, 3.8) is 0 Å². The summed E-state index contributed by atoms with van der Waals surface area (Å²) in [5, 5.41) is 7.11. The molecular formula is C10H20N2S. The van der Waals surface area contributed by atoms with E-state index in [-0.39, 0.29) is 0 Å². The van der Waals surface area contributed by atoms with E-state index in [4.69, 9.17) is 12.2 Å². The Morgan fingerprint density at radius 1 is 1.46 bits per heavy atom. The highest BCUT2D eigenvalue weighted by atomic mass is 32.1. The lowest BCUT2D eigenvalue weighted by molar-refractivity contribution is 0.368. The van der Waals surface area contributed by atoms with Crippen LogP contribution in [0, 0.1) is 11.8 Å². The Labute approximate surface area is 86.5 Å². The molecule has 1 rings (SSSR count). The molecule has 2 nitrogen and oxygen atoms in total. The molecule has 0 amide bonds. The average Bonchev–Trinajstić information content (AvgIpc) is 2.48. The lowest BCUT2D eigenvalue weighted by atomic mass is 9.94. The van der Waals surface area contributed by atoms with Crippen molar-refractivity contribution in [3.05, 3.63) is 0 Å². The normalized spacial score (nSPS) is 33.0. The SMILES string of the molecule is CCC1CCC(NC(=S)NC)C1C. The first-order valence-corrected chi connectivity index (χ1v) is 5.58. The maximum Gasteiger partial charge on any atom is 0.166 e. The van der Waals surface area contributed by atoms with Crippen LogP contribution in [0.5, 0.6) is 0 Å². The zero-order valence-corrected chi connectivity index (χ0v) is 9.58. The van der Waals surface area contributed by atoms with Crippen LogP contribution in [-0.2, 0) is 0 Å². The molecule has 0 spiro atoms. The third-order valence-electron chi connectivity index (χ3n) is 3.29. The lowest BCUT2D eigenvalue weighted by Gasteiger charge is -2.21. The van der Waals surface area contributed by atoms with Gasteiger partial charge < -0.3 is 10.6 Å². The second-order valence-corrected chi connectivity index (χ2v) is 4.34. The summed E-state index contributed by atoms with van der Waals surface area (Å²) in [4.78, 5) is 0. The number of nitrogens with one attached hydrogen (secondary N) is 2. The van der Waals surface area contributed by atoms with Crippen LogP contribution in [0.15, 0.2) is 0 Å². The molecule has 0 heterocycles. The van der Waals surface area contributed by atoms with E-state index in [2.05, 4.69) is 24.5 Å². The fraction of sp³-hybridized carbons (Fsp3) is 0.900. The van der Waals surface area contributed by atoms with E-state index in [9.17, 15) is 0 Å². The smallest absolute Gasteiger partial charge is 0.166 e. The molecule has 1 aliphatic carbocycles. The summed E-state index contributed by atoms with van der Waals surface area (Å²) in [7, 11) is 1.87. The van der Waals surface area contributed by atoms with Crippen molar-refractivity contribution in [1.29, 1.82) is 0 Å². The number of thiocarbonyl (C=S) groups is 1. The Bertz CT molecular complexity index is 182. The van der Waals surface area contributed by atoms with Crippen molar-refractivity contribution in [1.82, 2.24) is 10.6 Å². The third kappa shape index (κ3) is 2.56. The molecule has 0 radical (unpaired) electrons. The molecule has 13 heavy (non-hydrogen) atoms. The van der Waals surface area contributed by atoms with Gasteiger partial charge >= 0.3 is 0 Å². The van der Waals surface area contributed by atoms with Gasteiger partial charge in [0.15, 0.2) is 5.11 Å². The van der Waals surface area contributed by atoms with E-state index in [0.29, 0.717) is 6.04 Å². The highest BCUT2D eigenvalue weighted by Crippen LogP contribution is 2.33. The van der Waals surface area contributed by atoms with Gasteiger partial charge in [0, 0.05) is 13.1 Å². The van der Waals surface area contributed by atoms with Crippen LogP contribution in [-0.4, -0.2) is 18.2 Å². The first-order valence-electron chi connectivity index (χ1n) is 5.17. The Morgan fingerprint density at radius 2 is 2.15 bits per heavy atom. The molecule has 1 fully saturated rings. The summed E-state index contributed by atoms with van der Waals surface area (Å²) < 4.78 is 0. The van der Waals surface area contributed by atoms with Gasteiger partial charge in [-0.3, -0.25) is 0 Å². The summed E-state index contributed by atoms with van der Waals surface area (Å²) in [6, 6.07) is 0.588. The lowest BCUT2D eigenvalue weighted by Crippen LogP contribution is -2.42. The van der Waals surface area contributed by atoms with E-state index < -0.39 is 0 Å². The van der Waals surface area contributed by atoms with Crippen molar-refractivity contribution in [2.75, 3.05) is 7.05 Å². The molecule has 1 aliphatic rings. The summed E-state index contributed by atoms with van der Waals surface area (Å²) in [6.07, 6.45) is 3.91. The zero-order valence-electron chi connectivity index (χ0n) is 8.76. The number of hydrogen-bond donors (Lipinski definition) is 2. The Kier molecular flexibility index (Phi) is 3.97. The molecule has 0 aromatic heterocycles. The molecule has 1 saturated carbocycles. The topological polar surface area (TPSA) is 24.1 Å². The van der Waals surface area contributed by atoms with Crippen molar-refractivity contribution < 1.29 is 0 Å². The van der Waals surface area contributed by atoms with E-state index in [1.165, 1.54) is 19.3 Å². The highest BCUT2D eigenvalue weighted by Gasteiger charge is 2.31. The maximum absolute atomic E-state index is 5.10. The molecule has 0 bridgehead atoms. The van der Waals surface area contributed by atoms with Gasteiger partial charge in [-0.1, -0.05) is 20.3 Å². The van der Waals surface area contributed by atoms with Gasteiger partial charge in [-0.2, -0.15) is 0 Å². The summed E-state index contributed by atoms with van der Waals surface area (Å²) >= 11 is 5.10. The molecule has 76 valence electrons. The monoisotopic (exact) mass is 200 g/mol. The van der Waals surface area contributed by atoms with Crippen LogP contribution in [0.3, 0.4) is 0 Å². The van der Waals surface area contributed by atoms with Gasteiger partial charge in [-0.05, 0) is 36.9 Å². The van der Waals surface area contributed by atoms with Gasteiger partial charge in [-0.15, -0.1) is 0 Å². The van der Waals surface area contributed by atoms with Gasteiger partial charge in [0.25, 0.3) is 0 Å². The molecule has 3 atom stereocenters. The highest BCUT2D eigenvalue weighted by molar-refractivity contribution is 7.80. The maximum atomic E-state index is 5.10. The minimum atomic E-state index is 0.588. The molecule has 0 aromatic carbocycles. The van der Waals surface area contributed by atoms with E-state index in [1.54, 1.807) is 0 Å². The van der Waals surface area contributed by atoms with Crippen molar-refractivity contribution in [3.8, 4) is 0 Å².